The monoisotopic (exact) mass is 487 g/mol. The third-order valence-electron chi connectivity index (χ3n) is 5.77. The summed E-state index contributed by atoms with van der Waals surface area (Å²) in [5.41, 5.74) is 4.28. The molecule has 0 saturated heterocycles. The van der Waals surface area contributed by atoms with E-state index in [-0.39, 0.29) is 30.3 Å². The molecule has 0 fully saturated rings. The third kappa shape index (κ3) is 5.43. The molecule has 7 nitrogen and oxygen atoms in total. The van der Waals surface area contributed by atoms with Crippen LogP contribution in [-0.2, 0) is 11.3 Å². The number of aromatic hydroxyl groups is 1. The molecule has 0 unspecified atom stereocenters. The fourth-order valence-corrected chi connectivity index (χ4v) is 4.24. The van der Waals surface area contributed by atoms with Crippen LogP contribution >= 0.6 is 0 Å². The molecular formula is C28H26FN3O4. The number of aromatic nitrogens is 1. The molecule has 0 saturated carbocycles. The Balaban J connectivity index is 1.67. The Hall–Kier alpha value is -4.46. The van der Waals surface area contributed by atoms with Gasteiger partial charge in [0.25, 0.3) is 5.91 Å². The summed E-state index contributed by atoms with van der Waals surface area (Å²) < 4.78 is 15.6. The molecule has 0 aliphatic rings. The minimum Gasteiger partial charge on any atom is -0.494 e. The van der Waals surface area contributed by atoms with Gasteiger partial charge >= 0.3 is 5.97 Å². The third-order valence-corrected chi connectivity index (χ3v) is 5.77. The fourth-order valence-electron chi connectivity index (χ4n) is 4.24. The SMILES string of the molecule is Cc1cc(C)cc(NC(=O)c2ccccc2N=Cc2c(O)n(CCCC(=O)O)c3ccc(F)cc23)c1. The average molecular weight is 488 g/mol. The molecule has 1 heterocycles. The van der Waals surface area contributed by atoms with Gasteiger partial charge in [-0.1, -0.05) is 18.2 Å². The Morgan fingerprint density at radius 1 is 1.06 bits per heavy atom. The molecule has 0 atom stereocenters. The predicted octanol–water partition coefficient (Wildman–Crippen LogP) is 5.97. The molecule has 0 aliphatic carbocycles. The van der Waals surface area contributed by atoms with Gasteiger partial charge in [0.1, 0.15) is 5.82 Å². The highest BCUT2D eigenvalue weighted by atomic mass is 19.1. The number of nitrogens with zero attached hydrogens (tertiary/aromatic N) is 2. The van der Waals surface area contributed by atoms with Gasteiger partial charge in [-0.2, -0.15) is 0 Å². The molecule has 0 radical (unpaired) electrons. The first-order valence-electron chi connectivity index (χ1n) is 11.5. The molecule has 3 N–H and O–H groups in total. The molecule has 0 bridgehead atoms. The van der Waals surface area contributed by atoms with E-state index < -0.39 is 11.8 Å². The van der Waals surface area contributed by atoms with Crippen molar-refractivity contribution >= 4 is 40.4 Å². The number of carboxylic acids is 1. The molecule has 0 spiro atoms. The number of carbonyl (C=O) groups is 2. The van der Waals surface area contributed by atoms with Gasteiger partial charge in [-0.05, 0) is 73.9 Å². The van der Waals surface area contributed by atoms with Crippen molar-refractivity contribution in [2.75, 3.05) is 5.32 Å². The number of aliphatic imine (C=N–C) groups is 1. The number of carboxylic acid groups (broad SMARTS) is 1. The van der Waals surface area contributed by atoms with Crippen molar-refractivity contribution < 1.29 is 24.2 Å². The number of halogens is 1. The standard InChI is InChI=1S/C28H26FN3O4/c1-17-12-18(2)14-20(13-17)31-27(35)21-6-3-4-7-24(21)30-16-23-22-15-19(29)9-10-25(22)32(28(23)36)11-5-8-26(33)34/h3-4,6-7,9-10,12-16,36H,5,8,11H2,1-2H3,(H,31,35)(H,33,34). The van der Waals surface area contributed by atoms with E-state index in [1.807, 2.05) is 32.0 Å². The van der Waals surface area contributed by atoms with Crippen LogP contribution in [0.1, 0.15) is 39.9 Å². The van der Waals surface area contributed by atoms with E-state index in [4.69, 9.17) is 5.11 Å². The lowest BCUT2D eigenvalue weighted by atomic mass is 10.1. The van der Waals surface area contributed by atoms with Gasteiger partial charge in [-0.25, -0.2) is 4.39 Å². The maximum absolute atomic E-state index is 14.0. The van der Waals surface area contributed by atoms with E-state index in [0.29, 0.717) is 34.3 Å². The first-order valence-corrected chi connectivity index (χ1v) is 11.5. The highest BCUT2D eigenvalue weighted by Crippen LogP contribution is 2.32. The number of nitrogens with one attached hydrogen (secondary N) is 1. The largest absolute Gasteiger partial charge is 0.494 e. The molecule has 0 aliphatic heterocycles. The number of benzene rings is 3. The maximum atomic E-state index is 14.0. The molecule has 184 valence electrons. The number of hydrogen-bond acceptors (Lipinski definition) is 4. The molecule has 36 heavy (non-hydrogen) atoms. The number of aliphatic carboxylic acids is 1. The summed E-state index contributed by atoms with van der Waals surface area (Å²) in [6.07, 6.45) is 1.63. The molecular weight excluding hydrogens is 461 g/mol. The minimum absolute atomic E-state index is 0.0628. The summed E-state index contributed by atoms with van der Waals surface area (Å²) in [7, 11) is 0. The van der Waals surface area contributed by atoms with Crippen molar-refractivity contribution in [1.82, 2.24) is 4.57 Å². The van der Waals surface area contributed by atoms with Crippen LogP contribution in [0.4, 0.5) is 15.8 Å². The summed E-state index contributed by atoms with van der Waals surface area (Å²) in [6, 6.07) is 16.7. The number of fused-ring (bicyclic) bond motifs is 1. The molecule has 1 amide bonds. The summed E-state index contributed by atoms with van der Waals surface area (Å²) in [5.74, 6) is -1.90. The van der Waals surface area contributed by atoms with Gasteiger partial charge in [0, 0.05) is 30.3 Å². The fraction of sp³-hybridized carbons (Fsp3) is 0.179. The number of para-hydroxylation sites is 1. The average Bonchev–Trinajstić information content (AvgIpc) is 3.07. The Bertz CT molecular complexity index is 1470. The lowest BCUT2D eigenvalue weighted by molar-refractivity contribution is -0.137. The van der Waals surface area contributed by atoms with Crippen molar-refractivity contribution in [3.63, 3.8) is 0 Å². The van der Waals surface area contributed by atoms with Gasteiger partial charge in [-0.15, -0.1) is 0 Å². The molecule has 8 heteroatoms. The zero-order valence-corrected chi connectivity index (χ0v) is 20.0. The van der Waals surface area contributed by atoms with Crippen molar-refractivity contribution in [2.24, 2.45) is 4.99 Å². The van der Waals surface area contributed by atoms with Crippen LogP contribution in [0.5, 0.6) is 5.88 Å². The second-order valence-corrected chi connectivity index (χ2v) is 8.65. The highest BCUT2D eigenvalue weighted by Gasteiger charge is 2.17. The Morgan fingerprint density at radius 2 is 1.78 bits per heavy atom. The van der Waals surface area contributed by atoms with Gasteiger partial charge < -0.3 is 20.1 Å². The van der Waals surface area contributed by atoms with Crippen LogP contribution in [0, 0.1) is 19.7 Å². The summed E-state index contributed by atoms with van der Waals surface area (Å²) in [5, 5.41) is 23.2. The van der Waals surface area contributed by atoms with Crippen LogP contribution in [0.15, 0.2) is 65.7 Å². The number of hydrogen-bond donors (Lipinski definition) is 3. The van der Waals surface area contributed by atoms with E-state index in [1.54, 1.807) is 24.3 Å². The molecule has 1 aromatic heterocycles. The van der Waals surface area contributed by atoms with Crippen molar-refractivity contribution in [1.29, 1.82) is 0 Å². The van der Waals surface area contributed by atoms with Crippen LogP contribution in [0.3, 0.4) is 0 Å². The summed E-state index contributed by atoms with van der Waals surface area (Å²) >= 11 is 0. The van der Waals surface area contributed by atoms with Crippen LogP contribution in [0.25, 0.3) is 10.9 Å². The molecule has 4 rings (SSSR count). The quantitative estimate of drug-likeness (QED) is 0.266. The van der Waals surface area contributed by atoms with Gasteiger partial charge in [-0.3, -0.25) is 14.6 Å². The van der Waals surface area contributed by atoms with E-state index in [9.17, 15) is 19.1 Å². The summed E-state index contributed by atoms with van der Waals surface area (Å²) in [6.45, 7) is 4.14. The van der Waals surface area contributed by atoms with Crippen molar-refractivity contribution in [2.45, 2.75) is 33.2 Å². The highest BCUT2D eigenvalue weighted by molar-refractivity contribution is 6.09. The van der Waals surface area contributed by atoms with Crippen LogP contribution in [-0.4, -0.2) is 32.9 Å². The Morgan fingerprint density at radius 3 is 2.50 bits per heavy atom. The van der Waals surface area contributed by atoms with Crippen molar-refractivity contribution in [3.8, 4) is 5.88 Å². The Labute approximate surface area is 207 Å². The maximum Gasteiger partial charge on any atom is 0.303 e. The van der Waals surface area contributed by atoms with E-state index in [1.165, 1.54) is 29.0 Å². The van der Waals surface area contributed by atoms with Crippen molar-refractivity contribution in [3.05, 3.63) is 88.7 Å². The smallest absolute Gasteiger partial charge is 0.303 e. The topological polar surface area (TPSA) is 104 Å². The predicted molar refractivity (Wildman–Crippen MR) is 138 cm³/mol. The zero-order chi connectivity index (χ0) is 25.8. The van der Waals surface area contributed by atoms with E-state index in [0.717, 1.165) is 11.1 Å². The normalized spacial score (nSPS) is 11.3. The zero-order valence-electron chi connectivity index (χ0n) is 20.0. The van der Waals surface area contributed by atoms with E-state index >= 15 is 0 Å². The number of rotatable bonds is 8. The molecule has 3 aromatic carbocycles. The Kier molecular flexibility index (Phi) is 7.15. The second-order valence-electron chi connectivity index (χ2n) is 8.65. The number of amides is 1. The minimum atomic E-state index is -0.936. The van der Waals surface area contributed by atoms with Crippen LogP contribution < -0.4 is 5.32 Å². The van der Waals surface area contributed by atoms with Crippen LogP contribution in [0.2, 0.25) is 0 Å². The van der Waals surface area contributed by atoms with Gasteiger partial charge in [0.15, 0.2) is 0 Å². The molecule has 4 aromatic rings. The summed E-state index contributed by atoms with van der Waals surface area (Å²) in [4.78, 5) is 28.4. The first-order chi connectivity index (χ1) is 17.2. The van der Waals surface area contributed by atoms with Gasteiger partial charge in [0.2, 0.25) is 5.88 Å². The van der Waals surface area contributed by atoms with E-state index in [2.05, 4.69) is 10.3 Å². The first kappa shape index (κ1) is 24.7. The number of carbonyl (C=O) groups excluding carboxylic acids is 1. The number of anilines is 1. The lowest BCUT2D eigenvalue weighted by Gasteiger charge is -2.09. The second kappa shape index (κ2) is 10.4. The number of aryl methyl sites for hydroxylation is 3. The lowest BCUT2D eigenvalue weighted by Crippen LogP contribution is -2.12. The van der Waals surface area contributed by atoms with Gasteiger partial charge in [0.05, 0.1) is 22.3 Å².